The fraction of sp³-hybridized carbons (Fsp3) is 0.353. The van der Waals surface area contributed by atoms with Crippen molar-refractivity contribution in [1.82, 2.24) is 20.0 Å². The molecule has 3 heterocycles. The maximum absolute atomic E-state index is 5.54. The molecule has 0 aliphatic carbocycles. The highest BCUT2D eigenvalue weighted by atomic mass is 16.5. The molecule has 6 heteroatoms. The second kappa shape index (κ2) is 5.96. The number of oxazole rings is 1. The van der Waals surface area contributed by atoms with Gasteiger partial charge in [-0.3, -0.25) is 0 Å². The Hall–Kier alpha value is -2.47. The van der Waals surface area contributed by atoms with Crippen molar-refractivity contribution in [1.29, 1.82) is 0 Å². The first kappa shape index (κ1) is 14.1. The summed E-state index contributed by atoms with van der Waals surface area (Å²) in [6.45, 7) is 2.05. The van der Waals surface area contributed by atoms with E-state index < -0.39 is 0 Å². The van der Waals surface area contributed by atoms with E-state index in [1.807, 2.05) is 30.3 Å². The van der Waals surface area contributed by atoms with Crippen LogP contribution >= 0.6 is 0 Å². The fourth-order valence-corrected chi connectivity index (χ4v) is 2.91. The van der Waals surface area contributed by atoms with Gasteiger partial charge in [0.25, 0.3) is 0 Å². The van der Waals surface area contributed by atoms with E-state index in [-0.39, 0.29) is 0 Å². The molecule has 23 heavy (non-hydrogen) atoms. The molecule has 1 saturated heterocycles. The Balaban J connectivity index is 1.47. The van der Waals surface area contributed by atoms with Crippen molar-refractivity contribution < 1.29 is 8.94 Å². The van der Waals surface area contributed by atoms with Crippen LogP contribution < -0.4 is 0 Å². The molecule has 0 amide bonds. The zero-order valence-electron chi connectivity index (χ0n) is 13.0. The van der Waals surface area contributed by atoms with E-state index in [4.69, 9.17) is 8.94 Å². The van der Waals surface area contributed by atoms with Gasteiger partial charge in [0, 0.05) is 12.1 Å². The summed E-state index contributed by atoms with van der Waals surface area (Å²) in [5.74, 6) is 2.35. The van der Waals surface area contributed by atoms with E-state index in [0.717, 1.165) is 36.7 Å². The third kappa shape index (κ3) is 3.03. The summed E-state index contributed by atoms with van der Waals surface area (Å²) in [6, 6.07) is 9.83. The van der Waals surface area contributed by atoms with E-state index in [2.05, 4.69) is 27.1 Å². The highest BCUT2D eigenvalue weighted by Gasteiger charge is 2.26. The van der Waals surface area contributed by atoms with Crippen molar-refractivity contribution in [3.8, 4) is 11.5 Å². The van der Waals surface area contributed by atoms with Crippen molar-refractivity contribution in [2.24, 2.45) is 0 Å². The van der Waals surface area contributed by atoms with E-state index >= 15 is 0 Å². The smallest absolute Gasteiger partial charge is 0.231 e. The Morgan fingerprint density at radius 2 is 2.09 bits per heavy atom. The molecular weight excluding hydrogens is 292 g/mol. The van der Waals surface area contributed by atoms with Gasteiger partial charge < -0.3 is 13.8 Å². The Morgan fingerprint density at radius 1 is 1.22 bits per heavy atom. The minimum Gasteiger partial charge on any atom is -0.444 e. The van der Waals surface area contributed by atoms with Crippen molar-refractivity contribution in [2.45, 2.75) is 18.8 Å². The second-order valence-electron chi connectivity index (χ2n) is 5.98. The first-order chi connectivity index (χ1) is 11.3. The number of likely N-dealkylation sites (tertiary alicyclic amines) is 1. The van der Waals surface area contributed by atoms with Crippen LogP contribution in [0.2, 0.25) is 0 Å². The van der Waals surface area contributed by atoms with Gasteiger partial charge >= 0.3 is 0 Å². The Kier molecular flexibility index (Phi) is 3.67. The molecule has 118 valence electrons. The number of rotatable bonds is 4. The molecule has 1 atom stereocenters. The zero-order chi connectivity index (χ0) is 15.6. The lowest BCUT2D eigenvalue weighted by atomic mass is 10.1. The average Bonchev–Trinajstić information content (AvgIpc) is 3.29. The Bertz CT molecular complexity index is 781. The van der Waals surface area contributed by atoms with Crippen molar-refractivity contribution in [3.05, 3.63) is 54.0 Å². The molecular formula is C17H18N4O2. The molecule has 0 unspecified atom stereocenters. The average molecular weight is 310 g/mol. The monoisotopic (exact) mass is 310 g/mol. The largest absolute Gasteiger partial charge is 0.444 e. The first-order valence-corrected chi connectivity index (χ1v) is 7.79. The number of likely N-dealkylation sites (N-methyl/N-ethyl adjacent to an activating group) is 1. The van der Waals surface area contributed by atoms with E-state index in [1.54, 1.807) is 6.26 Å². The molecule has 1 fully saturated rings. The standard InChI is InChI=1S/C17H18N4O2/c1-21-8-7-13(10-21)17-19-15(20-23-17)9-14-11-22-16(18-14)12-5-3-2-4-6-12/h2-6,11,13H,7-10H2,1H3/t13-/m0/s1. The predicted molar refractivity (Wildman–Crippen MR) is 83.9 cm³/mol. The molecule has 1 aliphatic heterocycles. The van der Waals surface area contributed by atoms with Gasteiger partial charge in [-0.05, 0) is 32.1 Å². The molecule has 3 aromatic rings. The van der Waals surface area contributed by atoms with Gasteiger partial charge in [-0.15, -0.1) is 0 Å². The fourth-order valence-electron chi connectivity index (χ4n) is 2.91. The molecule has 0 radical (unpaired) electrons. The maximum atomic E-state index is 5.54. The Morgan fingerprint density at radius 3 is 2.87 bits per heavy atom. The molecule has 1 aromatic carbocycles. The van der Waals surface area contributed by atoms with Crippen molar-refractivity contribution in [2.75, 3.05) is 20.1 Å². The molecule has 0 saturated carbocycles. The molecule has 6 nitrogen and oxygen atoms in total. The second-order valence-corrected chi connectivity index (χ2v) is 5.98. The van der Waals surface area contributed by atoms with Crippen LogP contribution in [0.1, 0.15) is 29.7 Å². The maximum Gasteiger partial charge on any atom is 0.231 e. The topological polar surface area (TPSA) is 68.2 Å². The summed E-state index contributed by atoms with van der Waals surface area (Å²) in [4.78, 5) is 11.3. The van der Waals surface area contributed by atoms with Gasteiger partial charge in [0.1, 0.15) is 6.26 Å². The van der Waals surface area contributed by atoms with Gasteiger partial charge in [-0.1, -0.05) is 23.4 Å². The highest BCUT2D eigenvalue weighted by molar-refractivity contribution is 5.52. The Labute approximate surface area is 134 Å². The van der Waals surface area contributed by atoms with E-state index in [9.17, 15) is 0 Å². The normalized spacial score (nSPS) is 18.6. The summed E-state index contributed by atoms with van der Waals surface area (Å²) in [5.41, 5.74) is 1.77. The lowest BCUT2D eigenvalue weighted by Gasteiger charge is -2.04. The minimum absolute atomic E-state index is 0.346. The summed E-state index contributed by atoms with van der Waals surface area (Å²) < 4.78 is 11.0. The van der Waals surface area contributed by atoms with Gasteiger partial charge in [0.05, 0.1) is 18.0 Å². The number of hydrogen-bond acceptors (Lipinski definition) is 6. The van der Waals surface area contributed by atoms with Crippen LogP contribution in [0.5, 0.6) is 0 Å². The molecule has 2 aromatic heterocycles. The number of aromatic nitrogens is 3. The van der Waals surface area contributed by atoms with E-state index in [0.29, 0.717) is 24.1 Å². The summed E-state index contributed by atoms with van der Waals surface area (Å²) in [6.07, 6.45) is 3.24. The molecule has 0 spiro atoms. The van der Waals surface area contributed by atoms with E-state index in [1.165, 1.54) is 0 Å². The number of benzene rings is 1. The van der Waals surface area contributed by atoms with Crippen molar-refractivity contribution >= 4 is 0 Å². The molecule has 4 rings (SSSR count). The SMILES string of the molecule is CN1CC[C@H](c2nc(Cc3coc(-c4ccccc4)n3)no2)C1. The molecule has 0 N–H and O–H groups in total. The van der Waals surface area contributed by atoms with Gasteiger partial charge in [-0.25, -0.2) is 4.98 Å². The summed E-state index contributed by atoms with van der Waals surface area (Å²) in [5, 5.41) is 4.08. The zero-order valence-corrected chi connectivity index (χ0v) is 13.0. The number of hydrogen-bond donors (Lipinski definition) is 0. The first-order valence-electron chi connectivity index (χ1n) is 7.79. The van der Waals surface area contributed by atoms with Crippen LogP contribution in [0, 0.1) is 0 Å². The van der Waals surface area contributed by atoms with Crippen LogP contribution in [0.25, 0.3) is 11.5 Å². The lowest BCUT2D eigenvalue weighted by Crippen LogP contribution is -2.13. The quantitative estimate of drug-likeness (QED) is 0.738. The van der Waals surface area contributed by atoms with Crippen LogP contribution in [-0.4, -0.2) is 40.2 Å². The third-order valence-electron chi connectivity index (χ3n) is 4.14. The van der Waals surface area contributed by atoms with Gasteiger partial charge in [-0.2, -0.15) is 4.98 Å². The lowest BCUT2D eigenvalue weighted by molar-refractivity contribution is 0.342. The van der Waals surface area contributed by atoms with Crippen LogP contribution in [-0.2, 0) is 6.42 Å². The number of nitrogens with zero attached hydrogens (tertiary/aromatic N) is 4. The molecule has 1 aliphatic rings. The third-order valence-corrected chi connectivity index (χ3v) is 4.14. The predicted octanol–water partition coefficient (Wildman–Crippen LogP) is 2.73. The van der Waals surface area contributed by atoms with Gasteiger partial charge in [0.2, 0.25) is 11.8 Å². The minimum atomic E-state index is 0.346. The van der Waals surface area contributed by atoms with Crippen LogP contribution in [0.15, 0.2) is 45.5 Å². The highest BCUT2D eigenvalue weighted by Crippen LogP contribution is 2.25. The van der Waals surface area contributed by atoms with Crippen molar-refractivity contribution in [3.63, 3.8) is 0 Å². The molecule has 0 bridgehead atoms. The van der Waals surface area contributed by atoms with Gasteiger partial charge in [0.15, 0.2) is 5.82 Å². The van der Waals surface area contributed by atoms with Crippen LogP contribution in [0.3, 0.4) is 0 Å². The summed E-state index contributed by atoms with van der Waals surface area (Å²) >= 11 is 0. The summed E-state index contributed by atoms with van der Waals surface area (Å²) in [7, 11) is 2.11. The van der Waals surface area contributed by atoms with Crippen LogP contribution in [0.4, 0.5) is 0 Å².